The summed E-state index contributed by atoms with van der Waals surface area (Å²) >= 11 is 0. The summed E-state index contributed by atoms with van der Waals surface area (Å²) in [5, 5.41) is 11.9. The van der Waals surface area contributed by atoms with Gasteiger partial charge in [-0.2, -0.15) is 5.26 Å². The molecule has 0 saturated carbocycles. The minimum absolute atomic E-state index is 0.0165. The fourth-order valence-corrected chi connectivity index (χ4v) is 3.36. The average molecular weight is 401 g/mol. The normalized spacial score (nSPS) is 16.9. The van der Waals surface area contributed by atoms with Gasteiger partial charge in [0.25, 0.3) is 0 Å². The lowest BCUT2D eigenvalue weighted by Gasteiger charge is -2.37. The molecule has 0 radical (unpaired) electrons. The maximum absolute atomic E-state index is 12.7. The Morgan fingerprint density at radius 2 is 2.10 bits per heavy atom. The van der Waals surface area contributed by atoms with Crippen LogP contribution in [0.3, 0.4) is 0 Å². The Morgan fingerprint density at radius 3 is 2.72 bits per heavy atom. The van der Waals surface area contributed by atoms with Crippen molar-refractivity contribution in [2.45, 2.75) is 59.1 Å². The Labute approximate surface area is 173 Å². The maximum Gasteiger partial charge on any atom is 0.410 e. The van der Waals surface area contributed by atoms with Crippen LogP contribution in [0.1, 0.15) is 53.0 Å². The first-order valence-electron chi connectivity index (χ1n) is 10.1. The lowest BCUT2D eigenvalue weighted by molar-refractivity contribution is 0.0132. The van der Waals surface area contributed by atoms with E-state index < -0.39 is 5.60 Å². The number of amides is 3. The largest absolute Gasteiger partial charge is 0.444 e. The summed E-state index contributed by atoms with van der Waals surface area (Å²) in [7, 11) is 0. The zero-order chi connectivity index (χ0) is 21.6. The SMILES string of the molecule is CC(C)N(CC1CCCN(C(=O)Nc2cccc(C#N)c2)C1)C(=O)OC(C)(C)C. The van der Waals surface area contributed by atoms with Crippen molar-refractivity contribution in [1.29, 1.82) is 5.26 Å². The van der Waals surface area contributed by atoms with Gasteiger partial charge < -0.3 is 19.9 Å². The van der Waals surface area contributed by atoms with Gasteiger partial charge in [-0.15, -0.1) is 0 Å². The highest BCUT2D eigenvalue weighted by atomic mass is 16.6. The van der Waals surface area contributed by atoms with Crippen molar-refractivity contribution < 1.29 is 14.3 Å². The van der Waals surface area contributed by atoms with Crippen molar-refractivity contribution in [2.24, 2.45) is 5.92 Å². The zero-order valence-electron chi connectivity index (χ0n) is 18.1. The van der Waals surface area contributed by atoms with E-state index >= 15 is 0 Å². The van der Waals surface area contributed by atoms with Gasteiger partial charge in [0.05, 0.1) is 11.6 Å². The molecule has 1 aliphatic heterocycles. The van der Waals surface area contributed by atoms with E-state index in [4.69, 9.17) is 10.00 Å². The minimum Gasteiger partial charge on any atom is -0.444 e. The molecule has 1 saturated heterocycles. The molecule has 1 N–H and O–H groups in total. The van der Waals surface area contributed by atoms with E-state index in [0.29, 0.717) is 30.9 Å². The summed E-state index contributed by atoms with van der Waals surface area (Å²) < 4.78 is 5.55. The summed E-state index contributed by atoms with van der Waals surface area (Å²) in [5.74, 6) is 0.190. The highest BCUT2D eigenvalue weighted by Crippen LogP contribution is 2.21. The number of carbonyl (C=O) groups is 2. The molecule has 0 aliphatic carbocycles. The number of likely N-dealkylation sites (tertiary alicyclic amines) is 1. The van der Waals surface area contributed by atoms with Gasteiger partial charge in [0.15, 0.2) is 0 Å². The van der Waals surface area contributed by atoms with Crippen LogP contribution in [0.2, 0.25) is 0 Å². The van der Waals surface area contributed by atoms with Crippen LogP contribution in [0.25, 0.3) is 0 Å². The van der Waals surface area contributed by atoms with Crippen LogP contribution < -0.4 is 5.32 Å². The molecule has 1 atom stereocenters. The molecular weight excluding hydrogens is 368 g/mol. The van der Waals surface area contributed by atoms with Gasteiger partial charge in [0.2, 0.25) is 0 Å². The van der Waals surface area contributed by atoms with Crippen LogP contribution >= 0.6 is 0 Å². The van der Waals surface area contributed by atoms with Gasteiger partial charge in [-0.05, 0) is 71.6 Å². The number of nitrogens with one attached hydrogen (secondary N) is 1. The molecule has 7 heteroatoms. The smallest absolute Gasteiger partial charge is 0.410 e. The fraction of sp³-hybridized carbons (Fsp3) is 0.591. The van der Waals surface area contributed by atoms with Gasteiger partial charge in [-0.25, -0.2) is 9.59 Å². The molecule has 7 nitrogen and oxygen atoms in total. The quantitative estimate of drug-likeness (QED) is 0.809. The van der Waals surface area contributed by atoms with E-state index in [1.165, 1.54) is 0 Å². The average Bonchev–Trinajstić information content (AvgIpc) is 2.64. The van der Waals surface area contributed by atoms with Gasteiger partial charge in [0.1, 0.15) is 5.60 Å². The third kappa shape index (κ3) is 6.97. The molecule has 1 fully saturated rings. The first-order chi connectivity index (χ1) is 13.6. The second-order valence-corrected chi connectivity index (χ2v) is 8.80. The van der Waals surface area contributed by atoms with Crippen molar-refractivity contribution in [1.82, 2.24) is 9.80 Å². The number of hydrogen-bond donors (Lipinski definition) is 1. The number of urea groups is 1. The van der Waals surface area contributed by atoms with Gasteiger partial charge >= 0.3 is 12.1 Å². The van der Waals surface area contributed by atoms with E-state index in [2.05, 4.69) is 11.4 Å². The Kier molecular flexibility index (Phi) is 7.49. The maximum atomic E-state index is 12.7. The first-order valence-corrected chi connectivity index (χ1v) is 10.1. The van der Waals surface area contributed by atoms with E-state index in [1.807, 2.05) is 34.6 Å². The van der Waals surface area contributed by atoms with Crippen LogP contribution in [0, 0.1) is 17.2 Å². The number of ether oxygens (including phenoxy) is 1. The standard InChI is InChI=1S/C22H32N4O3/c1-16(2)26(21(28)29-22(3,4)5)15-18-9-7-11-25(14-18)20(27)24-19-10-6-8-17(12-19)13-23/h6,8,10,12,16,18H,7,9,11,14-15H2,1-5H3,(H,24,27). The Bertz CT molecular complexity index is 764. The molecule has 158 valence electrons. The van der Waals surface area contributed by atoms with E-state index in [0.717, 1.165) is 12.8 Å². The predicted octanol–water partition coefficient (Wildman–Crippen LogP) is 4.45. The molecule has 0 aromatic heterocycles. The molecule has 1 unspecified atom stereocenters. The summed E-state index contributed by atoms with van der Waals surface area (Å²) in [6.45, 7) is 11.3. The molecule has 0 spiro atoms. The Morgan fingerprint density at radius 1 is 1.38 bits per heavy atom. The summed E-state index contributed by atoms with van der Waals surface area (Å²) in [6, 6.07) is 8.77. The molecule has 1 aromatic rings. The fourth-order valence-electron chi connectivity index (χ4n) is 3.36. The lowest BCUT2D eigenvalue weighted by atomic mass is 9.97. The van der Waals surface area contributed by atoms with E-state index in [-0.39, 0.29) is 24.1 Å². The zero-order valence-corrected chi connectivity index (χ0v) is 18.1. The summed E-state index contributed by atoms with van der Waals surface area (Å²) in [4.78, 5) is 28.8. The summed E-state index contributed by atoms with van der Waals surface area (Å²) in [5.41, 5.74) is 0.568. The van der Waals surface area contributed by atoms with Crippen LogP contribution in [0.5, 0.6) is 0 Å². The number of nitrogens with zero attached hydrogens (tertiary/aromatic N) is 3. The molecule has 0 bridgehead atoms. The van der Waals surface area contributed by atoms with Crippen molar-refractivity contribution in [3.05, 3.63) is 29.8 Å². The van der Waals surface area contributed by atoms with Crippen LogP contribution in [0.4, 0.5) is 15.3 Å². The number of piperidine rings is 1. The molecule has 3 amide bonds. The van der Waals surface area contributed by atoms with Crippen molar-refractivity contribution in [2.75, 3.05) is 25.0 Å². The summed E-state index contributed by atoms with van der Waals surface area (Å²) in [6.07, 6.45) is 1.53. The van der Waals surface area contributed by atoms with Gasteiger partial charge in [-0.1, -0.05) is 6.07 Å². The second kappa shape index (κ2) is 9.64. The number of nitriles is 1. The molecule has 2 rings (SSSR count). The molecule has 1 aliphatic rings. The van der Waals surface area contributed by atoms with Crippen molar-refractivity contribution >= 4 is 17.8 Å². The monoisotopic (exact) mass is 400 g/mol. The Hall–Kier alpha value is -2.75. The highest BCUT2D eigenvalue weighted by molar-refractivity contribution is 5.89. The second-order valence-electron chi connectivity index (χ2n) is 8.80. The van der Waals surface area contributed by atoms with Gasteiger partial charge in [-0.3, -0.25) is 0 Å². The highest BCUT2D eigenvalue weighted by Gasteiger charge is 2.30. The molecule has 1 heterocycles. The number of carbonyl (C=O) groups excluding carboxylic acids is 2. The lowest BCUT2D eigenvalue weighted by Crippen LogP contribution is -2.48. The van der Waals surface area contributed by atoms with E-state index in [9.17, 15) is 9.59 Å². The first kappa shape index (κ1) is 22.5. The van der Waals surface area contributed by atoms with Crippen molar-refractivity contribution in [3.63, 3.8) is 0 Å². The number of hydrogen-bond acceptors (Lipinski definition) is 4. The number of anilines is 1. The van der Waals surface area contributed by atoms with Crippen LogP contribution in [-0.2, 0) is 4.74 Å². The number of benzene rings is 1. The third-order valence-corrected chi connectivity index (χ3v) is 4.76. The predicted molar refractivity (Wildman–Crippen MR) is 113 cm³/mol. The van der Waals surface area contributed by atoms with Gasteiger partial charge in [0, 0.05) is 31.4 Å². The van der Waals surface area contributed by atoms with Crippen LogP contribution in [-0.4, -0.2) is 53.2 Å². The van der Waals surface area contributed by atoms with Crippen LogP contribution in [0.15, 0.2) is 24.3 Å². The third-order valence-electron chi connectivity index (χ3n) is 4.76. The topological polar surface area (TPSA) is 85.7 Å². The van der Waals surface area contributed by atoms with E-state index in [1.54, 1.807) is 34.1 Å². The minimum atomic E-state index is -0.541. The molecule has 1 aromatic carbocycles. The molecule has 29 heavy (non-hydrogen) atoms. The Balaban J connectivity index is 1.98. The number of rotatable bonds is 4. The van der Waals surface area contributed by atoms with Crippen molar-refractivity contribution in [3.8, 4) is 6.07 Å². The molecular formula is C22H32N4O3.